The average molecular weight is 283 g/mol. The van der Waals surface area contributed by atoms with E-state index in [1.807, 2.05) is 0 Å². The number of hydrogen-bond acceptors (Lipinski definition) is 1. The number of benzene rings is 1. The third-order valence-corrected chi connectivity index (χ3v) is 2.83. The van der Waals surface area contributed by atoms with Crippen LogP contribution in [0.4, 0.5) is 10.5 Å². The number of anilines is 1. The van der Waals surface area contributed by atoms with Crippen LogP contribution in [0.2, 0.25) is 10.0 Å². The Morgan fingerprint density at radius 1 is 1.38 bits per heavy atom. The van der Waals surface area contributed by atoms with Gasteiger partial charge in [0, 0.05) is 28.7 Å². The van der Waals surface area contributed by atoms with Crippen LogP contribution in [0.3, 0.4) is 0 Å². The maximum absolute atomic E-state index is 10.9. The molecule has 0 fully saturated rings. The second-order valence-electron chi connectivity index (χ2n) is 2.41. The second-order valence-corrected chi connectivity index (χ2v) is 3.90. The molecule has 1 amide bonds. The normalized spacial score (nSPS) is 9.85. The van der Waals surface area contributed by atoms with E-state index >= 15 is 0 Å². The molecule has 0 radical (unpaired) electrons. The number of halogens is 3. The van der Waals surface area contributed by atoms with Gasteiger partial charge in [0.2, 0.25) is 0 Å². The van der Waals surface area contributed by atoms with E-state index in [2.05, 4.69) is 15.9 Å². The molecule has 5 heteroatoms. The lowest BCUT2D eigenvalue weighted by molar-refractivity contribution is 0.267. The largest absolute Gasteiger partial charge is 0.306 e. The molecular formula is C8H6BrCl2NO. The van der Waals surface area contributed by atoms with Gasteiger partial charge in [-0.1, -0.05) is 23.2 Å². The van der Waals surface area contributed by atoms with Crippen molar-refractivity contribution in [3.8, 4) is 0 Å². The van der Waals surface area contributed by atoms with E-state index in [9.17, 15) is 4.79 Å². The molecule has 0 bridgehead atoms. The summed E-state index contributed by atoms with van der Waals surface area (Å²) in [5.74, 6) is 0. The third kappa shape index (κ3) is 2.59. The quantitative estimate of drug-likeness (QED) is 0.564. The van der Waals surface area contributed by atoms with Crippen molar-refractivity contribution in [2.75, 3.05) is 11.9 Å². The summed E-state index contributed by atoms with van der Waals surface area (Å²) in [6, 6.07) is 4.99. The number of carbonyl (C=O) groups excluding carboxylic acids is 1. The van der Waals surface area contributed by atoms with E-state index in [-0.39, 0.29) is 4.82 Å². The molecule has 0 aliphatic rings. The summed E-state index contributed by atoms with van der Waals surface area (Å²) in [5, 5.41) is 0.903. The van der Waals surface area contributed by atoms with Gasteiger partial charge < -0.3 is 4.90 Å². The zero-order valence-electron chi connectivity index (χ0n) is 6.72. The molecular weight excluding hydrogens is 277 g/mol. The lowest BCUT2D eigenvalue weighted by Crippen LogP contribution is -2.18. The standard InChI is InChI=1S/C8H6BrCl2NO/c1-12(8(9)13)5-2-3-6(10)7(11)4-5/h2-4H,1H3. The van der Waals surface area contributed by atoms with Gasteiger partial charge in [-0.3, -0.25) is 4.79 Å². The van der Waals surface area contributed by atoms with Crippen LogP contribution in [0.5, 0.6) is 0 Å². The Bertz CT molecular complexity index is 343. The summed E-state index contributed by atoms with van der Waals surface area (Å²) >= 11 is 14.3. The van der Waals surface area contributed by atoms with Crippen molar-refractivity contribution in [3.05, 3.63) is 28.2 Å². The van der Waals surface area contributed by atoms with Crippen LogP contribution >= 0.6 is 39.1 Å². The lowest BCUT2D eigenvalue weighted by atomic mass is 10.3. The Labute approximate surface area is 94.6 Å². The van der Waals surface area contributed by atoms with E-state index in [4.69, 9.17) is 23.2 Å². The molecule has 2 nitrogen and oxygen atoms in total. The number of rotatable bonds is 1. The van der Waals surface area contributed by atoms with Crippen LogP contribution in [0.1, 0.15) is 0 Å². The van der Waals surface area contributed by atoms with Crippen LogP contribution < -0.4 is 4.90 Å². The summed E-state index contributed by atoms with van der Waals surface area (Å²) in [5.41, 5.74) is 0.691. The van der Waals surface area contributed by atoms with Gasteiger partial charge in [0.05, 0.1) is 10.0 Å². The summed E-state index contributed by atoms with van der Waals surface area (Å²) in [7, 11) is 1.64. The topological polar surface area (TPSA) is 20.3 Å². The summed E-state index contributed by atoms with van der Waals surface area (Å²) in [6.07, 6.45) is 0. The number of hydrogen-bond donors (Lipinski definition) is 0. The summed E-state index contributed by atoms with van der Waals surface area (Å²) < 4.78 is 0. The molecule has 0 saturated carbocycles. The fraction of sp³-hybridized carbons (Fsp3) is 0.125. The van der Waals surface area contributed by atoms with Crippen molar-refractivity contribution in [1.29, 1.82) is 0 Å². The maximum atomic E-state index is 10.9. The molecule has 0 aromatic heterocycles. The SMILES string of the molecule is CN(C(=O)Br)c1ccc(Cl)c(Cl)c1. The highest BCUT2D eigenvalue weighted by Crippen LogP contribution is 2.27. The predicted molar refractivity (Wildman–Crippen MR) is 59.2 cm³/mol. The summed E-state index contributed by atoms with van der Waals surface area (Å²) in [4.78, 5) is 12.1. The molecule has 70 valence electrons. The van der Waals surface area contributed by atoms with Crippen LogP contribution in [0.15, 0.2) is 18.2 Å². The van der Waals surface area contributed by atoms with Gasteiger partial charge in [-0.25, -0.2) is 0 Å². The van der Waals surface area contributed by atoms with Gasteiger partial charge in [0.25, 0.3) is 4.82 Å². The first-order valence-electron chi connectivity index (χ1n) is 3.40. The van der Waals surface area contributed by atoms with Gasteiger partial charge in [-0.15, -0.1) is 0 Å². The van der Waals surface area contributed by atoms with Gasteiger partial charge in [0.15, 0.2) is 0 Å². The summed E-state index contributed by atoms with van der Waals surface area (Å²) in [6.45, 7) is 0. The Balaban J connectivity index is 3.03. The Morgan fingerprint density at radius 3 is 2.46 bits per heavy atom. The molecule has 0 aliphatic carbocycles. The smallest absolute Gasteiger partial charge is 0.293 e. The van der Waals surface area contributed by atoms with E-state index in [0.29, 0.717) is 15.7 Å². The highest BCUT2D eigenvalue weighted by Gasteiger charge is 2.08. The average Bonchev–Trinajstić information content (AvgIpc) is 2.08. The fourth-order valence-corrected chi connectivity index (χ4v) is 1.29. The van der Waals surface area contributed by atoms with Gasteiger partial charge >= 0.3 is 0 Å². The highest BCUT2D eigenvalue weighted by molar-refractivity contribution is 9.18. The highest BCUT2D eigenvalue weighted by atomic mass is 79.9. The molecule has 0 heterocycles. The number of carbonyl (C=O) groups is 1. The van der Waals surface area contributed by atoms with Gasteiger partial charge in [-0.05, 0) is 18.2 Å². The van der Waals surface area contributed by atoms with Crippen molar-refractivity contribution in [2.24, 2.45) is 0 Å². The van der Waals surface area contributed by atoms with Crippen molar-refractivity contribution < 1.29 is 4.79 Å². The predicted octanol–water partition coefficient (Wildman–Crippen LogP) is 3.94. The lowest BCUT2D eigenvalue weighted by Gasteiger charge is -2.13. The first-order chi connectivity index (χ1) is 6.02. The van der Waals surface area contributed by atoms with Gasteiger partial charge in [0.1, 0.15) is 0 Å². The van der Waals surface area contributed by atoms with E-state index in [1.54, 1.807) is 25.2 Å². The maximum Gasteiger partial charge on any atom is 0.293 e. The van der Waals surface area contributed by atoms with Crippen molar-refractivity contribution >= 4 is 49.6 Å². The molecule has 0 spiro atoms. The molecule has 0 unspecified atom stereocenters. The van der Waals surface area contributed by atoms with Gasteiger partial charge in [-0.2, -0.15) is 0 Å². The minimum atomic E-state index is -0.231. The van der Waals surface area contributed by atoms with E-state index < -0.39 is 0 Å². The minimum Gasteiger partial charge on any atom is -0.306 e. The van der Waals surface area contributed by atoms with Crippen molar-refractivity contribution in [3.63, 3.8) is 0 Å². The Morgan fingerprint density at radius 2 is 2.00 bits per heavy atom. The Kier molecular flexibility index (Phi) is 3.59. The molecule has 0 N–H and O–H groups in total. The Hall–Kier alpha value is -0.250. The molecule has 1 rings (SSSR count). The monoisotopic (exact) mass is 281 g/mol. The van der Waals surface area contributed by atoms with Crippen molar-refractivity contribution in [2.45, 2.75) is 0 Å². The zero-order chi connectivity index (χ0) is 10.0. The third-order valence-electron chi connectivity index (χ3n) is 1.55. The molecule has 13 heavy (non-hydrogen) atoms. The first-order valence-corrected chi connectivity index (χ1v) is 4.95. The fourth-order valence-electron chi connectivity index (χ4n) is 0.795. The van der Waals surface area contributed by atoms with E-state index in [1.165, 1.54) is 4.90 Å². The first kappa shape index (κ1) is 10.8. The molecule has 1 aromatic rings. The number of amides is 1. The van der Waals surface area contributed by atoms with Crippen LogP contribution in [-0.2, 0) is 0 Å². The molecule has 0 atom stereocenters. The molecule has 0 aliphatic heterocycles. The van der Waals surface area contributed by atoms with Crippen LogP contribution in [-0.4, -0.2) is 11.9 Å². The zero-order valence-corrected chi connectivity index (χ0v) is 9.82. The van der Waals surface area contributed by atoms with Crippen LogP contribution in [0.25, 0.3) is 0 Å². The van der Waals surface area contributed by atoms with Crippen LogP contribution in [0, 0.1) is 0 Å². The molecule has 0 saturated heterocycles. The van der Waals surface area contributed by atoms with E-state index in [0.717, 1.165) is 0 Å². The minimum absolute atomic E-state index is 0.231. The second kappa shape index (κ2) is 4.31. The number of nitrogens with zero attached hydrogens (tertiary/aromatic N) is 1. The van der Waals surface area contributed by atoms with Crippen molar-refractivity contribution in [1.82, 2.24) is 0 Å². The molecule has 1 aromatic carbocycles.